The van der Waals surface area contributed by atoms with Crippen molar-refractivity contribution in [2.24, 2.45) is 28.6 Å². The molecule has 3 aliphatic carbocycles. The number of piperidine rings is 1. The van der Waals surface area contributed by atoms with E-state index in [0.29, 0.717) is 25.2 Å². The molecule has 124 valence electrons. The van der Waals surface area contributed by atoms with Crippen LogP contribution in [0.1, 0.15) is 52.4 Å². The zero-order chi connectivity index (χ0) is 16.6. The Morgan fingerprint density at radius 3 is 2.61 bits per heavy atom. The van der Waals surface area contributed by atoms with Crippen LogP contribution < -0.4 is 0 Å². The number of allylic oxidation sites excluding steroid dienone is 2. The maximum absolute atomic E-state index is 13.1. The summed E-state index contributed by atoms with van der Waals surface area (Å²) in [5.74, 6) is 1.25. The number of nitrogens with zero attached hydrogens (tertiary/aromatic N) is 1. The Kier molecular flexibility index (Phi) is 2.99. The van der Waals surface area contributed by atoms with Crippen LogP contribution >= 0.6 is 0 Å². The molecular weight excluding hydrogens is 290 g/mol. The molecule has 4 heteroatoms. The summed E-state index contributed by atoms with van der Waals surface area (Å²) in [7, 11) is 1.84. The fourth-order valence-corrected chi connectivity index (χ4v) is 6.20. The van der Waals surface area contributed by atoms with Crippen LogP contribution in [0.3, 0.4) is 0 Å². The van der Waals surface area contributed by atoms with Gasteiger partial charge < -0.3 is 4.90 Å². The van der Waals surface area contributed by atoms with Gasteiger partial charge in [0.05, 0.1) is 0 Å². The zero-order valence-electron chi connectivity index (χ0n) is 14.2. The minimum absolute atomic E-state index is 0.0259. The SMILES string of the molecule is CN1C(=O)CC[C@@]2(C)C1=CC[C@@H]1[C@@H]2C(=O)C[C@]2(C)C(=O)CC[C@@H]12. The molecule has 3 fully saturated rings. The number of hydrogen-bond donors (Lipinski definition) is 0. The van der Waals surface area contributed by atoms with E-state index in [1.165, 1.54) is 0 Å². The lowest BCUT2D eigenvalue weighted by atomic mass is 9.49. The molecule has 23 heavy (non-hydrogen) atoms. The van der Waals surface area contributed by atoms with Gasteiger partial charge in [0.25, 0.3) is 0 Å². The van der Waals surface area contributed by atoms with Crippen LogP contribution in [0.5, 0.6) is 0 Å². The number of hydrogen-bond acceptors (Lipinski definition) is 3. The summed E-state index contributed by atoms with van der Waals surface area (Å²) < 4.78 is 0. The van der Waals surface area contributed by atoms with Gasteiger partial charge in [-0.3, -0.25) is 14.4 Å². The Hall–Kier alpha value is -1.45. The van der Waals surface area contributed by atoms with Crippen molar-refractivity contribution in [3.8, 4) is 0 Å². The second kappa shape index (κ2) is 4.55. The standard InChI is InChI=1S/C19H25NO3/c1-18-9-8-16(23)20(3)14(18)6-4-11-12-5-7-15(22)19(12,2)10-13(21)17(11)18/h6,11-12,17H,4-5,7-10H2,1-3H3/t11-,12-,17+,18-,19-/m0/s1. The third kappa shape index (κ3) is 1.75. The average Bonchev–Trinajstić information content (AvgIpc) is 2.78. The first-order chi connectivity index (χ1) is 10.8. The Morgan fingerprint density at radius 1 is 1.13 bits per heavy atom. The second-order valence-electron chi connectivity index (χ2n) is 8.47. The number of ketones is 2. The highest BCUT2D eigenvalue weighted by Gasteiger charge is 2.62. The molecule has 0 bridgehead atoms. The summed E-state index contributed by atoms with van der Waals surface area (Å²) >= 11 is 0. The van der Waals surface area contributed by atoms with Crippen LogP contribution in [0.2, 0.25) is 0 Å². The van der Waals surface area contributed by atoms with Crippen molar-refractivity contribution in [3.05, 3.63) is 11.8 Å². The monoisotopic (exact) mass is 315 g/mol. The van der Waals surface area contributed by atoms with E-state index < -0.39 is 5.41 Å². The molecule has 1 amide bonds. The van der Waals surface area contributed by atoms with Gasteiger partial charge in [0.1, 0.15) is 11.6 Å². The van der Waals surface area contributed by atoms with Crippen LogP contribution in [-0.2, 0) is 14.4 Å². The number of rotatable bonds is 0. The van der Waals surface area contributed by atoms with Gasteiger partial charge in [-0.15, -0.1) is 0 Å². The van der Waals surface area contributed by atoms with E-state index in [2.05, 4.69) is 13.0 Å². The predicted octanol–water partition coefficient (Wildman–Crippen LogP) is 2.72. The lowest BCUT2D eigenvalue weighted by Gasteiger charge is -2.56. The lowest BCUT2D eigenvalue weighted by Crippen LogP contribution is -2.57. The third-order valence-corrected chi connectivity index (χ3v) is 7.42. The average molecular weight is 315 g/mol. The summed E-state index contributed by atoms with van der Waals surface area (Å²) in [5.41, 5.74) is 0.364. The van der Waals surface area contributed by atoms with E-state index in [1.807, 2.05) is 14.0 Å². The van der Waals surface area contributed by atoms with Crippen molar-refractivity contribution < 1.29 is 14.4 Å². The molecule has 0 aromatic rings. The second-order valence-corrected chi connectivity index (χ2v) is 8.47. The van der Waals surface area contributed by atoms with Gasteiger partial charge in [-0.05, 0) is 31.1 Å². The molecule has 0 N–H and O–H groups in total. The van der Waals surface area contributed by atoms with Crippen molar-refractivity contribution >= 4 is 17.5 Å². The van der Waals surface area contributed by atoms with E-state index in [-0.39, 0.29) is 34.7 Å². The van der Waals surface area contributed by atoms with E-state index in [9.17, 15) is 14.4 Å². The highest BCUT2D eigenvalue weighted by atomic mass is 16.2. The summed E-state index contributed by atoms with van der Waals surface area (Å²) in [5, 5.41) is 0. The Bertz CT molecular complexity index is 651. The molecular formula is C19H25NO3. The van der Waals surface area contributed by atoms with Gasteiger partial charge >= 0.3 is 0 Å². The minimum atomic E-state index is -0.434. The highest BCUT2D eigenvalue weighted by Crippen LogP contribution is 2.62. The van der Waals surface area contributed by atoms with E-state index in [1.54, 1.807) is 4.90 Å². The van der Waals surface area contributed by atoms with Crippen molar-refractivity contribution in [2.45, 2.75) is 52.4 Å². The van der Waals surface area contributed by atoms with Gasteiger partial charge in [-0.25, -0.2) is 0 Å². The first-order valence-corrected chi connectivity index (χ1v) is 8.82. The smallest absolute Gasteiger partial charge is 0.226 e. The molecule has 0 radical (unpaired) electrons. The molecule has 0 spiro atoms. The molecule has 4 aliphatic rings. The van der Waals surface area contributed by atoms with E-state index >= 15 is 0 Å². The third-order valence-electron chi connectivity index (χ3n) is 7.42. The van der Waals surface area contributed by atoms with Crippen LogP contribution in [0.15, 0.2) is 11.8 Å². The molecule has 2 saturated carbocycles. The number of fused-ring (bicyclic) bond motifs is 5. The molecule has 1 saturated heterocycles. The molecule has 1 heterocycles. The van der Waals surface area contributed by atoms with Gasteiger partial charge in [0.2, 0.25) is 5.91 Å². The van der Waals surface area contributed by atoms with Crippen LogP contribution in [-0.4, -0.2) is 29.4 Å². The normalized spacial score (nSPS) is 46.2. The summed E-state index contributed by atoms with van der Waals surface area (Å²) in [6, 6.07) is 0. The van der Waals surface area contributed by atoms with Gasteiger partial charge in [-0.2, -0.15) is 0 Å². The fourth-order valence-electron chi connectivity index (χ4n) is 6.20. The number of carbonyl (C=O) groups excluding carboxylic acids is 3. The van der Waals surface area contributed by atoms with Gasteiger partial charge in [0, 0.05) is 48.8 Å². The molecule has 5 atom stereocenters. The number of carbonyl (C=O) groups is 3. The van der Waals surface area contributed by atoms with Crippen LogP contribution in [0.25, 0.3) is 0 Å². The molecule has 1 aliphatic heterocycles. The van der Waals surface area contributed by atoms with E-state index in [0.717, 1.165) is 25.0 Å². The van der Waals surface area contributed by atoms with Gasteiger partial charge in [-0.1, -0.05) is 19.9 Å². The lowest BCUT2D eigenvalue weighted by molar-refractivity contribution is -0.152. The summed E-state index contributed by atoms with van der Waals surface area (Å²) in [4.78, 5) is 39.3. The van der Waals surface area contributed by atoms with Gasteiger partial charge in [0.15, 0.2) is 0 Å². The molecule has 4 rings (SSSR count). The molecule has 0 aromatic heterocycles. The predicted molar refractivity (Wildman–Crippen MR) is 85.3 cm³/mol. The van der Waals surface area contributed by atoms with Crippen LogP contribution in [0.4, 0.5) is 0 Å². The number of Topliss-reactive ketones (excluding diaryl/α,β-unsaturated/α-hetero) is 2. The Labute approximate surface area is 137 Å². The zero-order valence-corrected chi connectivity index (χ0v) is 14.2. The van der Waals surface area contributed by atoms with Crippen molar-refractivity contribution in [1.82, 2.24) is 4.90 Å². The Balaban J connectivity index is 1.79. The first-order valence-electron chi connectivity index (χ1n) is 8.82. The maximum Gasteiger partial charge on any atom is 0.226 e. The molecule has 0 aromatic carbocycles. The van der Waals surface area contributed by atoms with Crippen molar-refractivity contribution in [3.63, 3.8) is 0 Å². The van der Waals surface area contributed by atoms with Crippen molar-refractivity contribution in [2.75, 3.05) is 7.05 Å². The molecule has 4 nitrogen and oxygen atoms in total. The molecule has 0 unspecified atom stereocenters. The fraction of sp³-hybridized carbons (Fsp3) is 0.737. The van der Waals surface area contributed by atoms with Crippen LogP contribution in [0, 0.1) is 28.6 Å². The summed E-state index contributed by atoms with van der Waals surface area (Å²) in [6.45, 7) is 4.18. The maximum atomic E-state index is 13.1. The van der Waals surface area contributed by atoms with E-state index in [4.69, 9.17) is 0 Å². The first kappa shape index (κ1) is 15.1. The van der Waals surface area contributed by atoms with Crippen molar-refractivity contribution in [1.29, 1.82) is 0 Å². The topological polar surface area (TPSA) is 54.5 Å². The highest BCUT2D eigenvalue weighted by molar-refractivity contribution is 5.96. The summed E-state index contributed by atoms with van der Waals surface area (Å²) in [6.07, 6.45) is 6.24. The number of likely N-dealkylation sites (tertiary alicyclic amines) is 1. The quantitative estimate of drug-likeness (QED) is 0.690. The Morgan fingerprint density at radius 2 is 1.87 bits per heavy atom. The minimum Gasteiger partial charge on any atom is -0.319 e. The number of amides is 1. The largest absolute Gasteiger partial charge is 0.319 e.